The fourth-order valence-electron chi connectivity index (χ4n) is 5.07. The van der Waals surface area contributed by atoms with Crippen LogP contribution in [-0.2, 0) is 0 Å². The summed E-state index contributed by atoms with van der Waals surface area (Å²) in [5.74, 6) is 0. The number of nitrogens with one attached hydrogen (secondary N) is 2. The smallest absolute Gasteiger partial charge is 0.277 e. The van der Waals surface area contributed by atoms with Gasteiger partial charge < -0.3 is 27.6 Å². The molecule has 6 rings (SSSR count). The Morgan fingerprint density at radius 3 is 1.82 bits per heavy atom. The third-order valence-electron chi connectivity index (χ3n) is 6.98. The summed E-state index contributed by atoms with van der Waals surface area (Å²) < 4.78 is 3.67. The van der Waals surface area contributed by atoms with Crippen LogP contribution >= 0.6 is 11.3 Å². The molecule has 198 valence electrons. The number of halogens is 1. The Labute approximate surface area is 249 Å². The van der Waals surface area contributed by atoms with Gasteiger partial charge in [-0.15, -0.1) is 4.40 Å². The van der Waals surface area contributed by atoms with Crippen LogP contribution in [0.2, 0.25) is 0 Å². The van der Waals surface area contributed by atoms with Crippen molar-refractivity contribution >= 4 is 62.1 Å². The van der Waals surface area contributed by atoms with Crippen LogP contribution in [0.5, 0.6) is 0 Å². The standard InChI is InChI=1S/C35H29N3S.BrH/c1-36-30-16-8-6-12-25(30)20-21-28-24-29(23-22-26-13-7-9-17-31(26)37-2)38-32-18-10-11-19-33(32)39-35(38)34(28)27-14-4-3-5-15-27;/h3-24H,1-2H3,(H,36,37);1H. The van der Waals surface area contributed by atoms with Crippen LogP contribution in [0.1, 0.15) is 22.4 Å². The first-order chi connectivity index (χ1) is 19.3. The van der Waals surface area contributed by atoms with Gasteiger partial charge in [-0.05, 0) is 46.5 Å². The van der Waals surface area contributed by atoms with E-state index in [2.05, 4.69) is 149 Å². The fraction of sp³-hybridized carbons (Fsp3) is 0.0571. The Balaban J connectivity index is 0.00000323. The molecule has 2 aromatic heterocycles. The van der Waals surface area contributed by atoms with E-state index in [9.17, 15) is 0 Å². The van der Waals surface area contributed by atoms with E-state index in [0.717, 1.165) is 28.2 Å². The van der Waals surface area contributed by atoms with Gasteiger partial charge in [0.25, 0.3) is 4.83 Å². The highest BCUT2D eigenvalue weighted by Gasteiger charge is 2.24. The molecule has 0 aliphatic carbocycles. The van der Waals surface area contributed by atoms with Gasteiger partial charge in [-0.3, -0.25) is 0 Å². The summed E-state index contributed by atoms with van der Waals surface area (Å²) in [7, 11) is 3.93. The number of pyridine rings is 1. The van der Waals surface area contributed by atoms with Crippen LogP contribution in [0.15, 0.2) is 109 Å². The van der Waals surface area contributed by atoms with Crippen molar-refractivity contribution in [3.8, 4) is 11.1 Å². The lowest BCUT2D eigenvalue weighted by atomic mass is 9.99. The van der Waals surface area contributed by atoms with E-state index in [1.54, 1.807) is 0 Å². The normalized spacial score (nSPS) is 11.3. The van der Waals surface area contributed by atoms with Crippen molar-refractivity contribution in [1.29, 1.82) is 0 Å². The topological polar surface area (TPSA) is 28.2 Å². The first kappa shape index (κ1) is 27.4. The van der Waals surface area contributed by atoms with Crippen molar-refractivity contribution in [3.63, 3.8) is 0 Å². The van der Waals surface area contributed by atoms with E-state index in [1.807, 2.05) is 25.4 Å². The number of thiazole rings is 1. The third-order valence-corrected chi connectivity index (χ3v) is 8.12. The SMILES string of the molecule is CNc1ccccc1/C=C/c1cc(/C=C/c2ccccc2NC)[n+]2c(sc3ccccc32)c1-c1ccccc1.[Br-]. The second kappa shape index (κ2) is 12.3. The molecule has 40 heavy (non-hydrogen) atoms. The Morgan fingerprint density at radius 1 is 0.600 bits per heavy atom. The van der Waals surface area contributed by atoms with Crippen molar-refractivity contribution in [2.24, 2.45) is 0 Å². The van der Waals surface area contributed by atoms with E-state index in [-0.39, 0.29) is 17.0 Å². The lowest BCUT2D eigenvalue weighted by Crippen LogP contribution is -3.00. The summed E-state index contributed by atoms with van der Waals surface area (Å²) >= 11 is 1.84. The summed E-state index contributed by atoms with van der Waals surface area (Å²) in [6.45, 7) is 0. The van der Waals surface area contributed by atoms with Crippen molar-refractivity contribution in [2.75, 3.05) is 24.7 Å². The molecule has 2 N–H and O–H groups in total. The van der Waals surface area contributed by atoms with E-state index >= 15 is 0 Å². The zero-order valence-electron chi connectivity index (χ0n) is 22.4. The number of rotatable bonds is 7. The molecule has 2 heterocycles. The van der Waals surface area contributed by atoms with Crippen LogP contribution in [0.3, 0.4) is 0 Å². The summed E-state index contributed by atoms with van der Waals surface area (Å²) in [5, 5.41) is 6.63. The Morgan fingerprint density at radius 2 is 1.15 bits per heavy atom. The summed E-state index contributed by atoms with van der Waals surface area (Å²) in [6.07, 6.45) is 8.89. The number of para-hydroxylation sites is 3. The average molecular weight is 605 g/mol. The molecule has 3 nitrogen and oxygen atoms in total. The first-order valence-corrected chi connectivity index (χ1v) is 13.9. The molecule has 5 heteroatoms. The Kier molecular flexibility index (Phi) is 8.44. The molecular formula is C35H30BrN3S. The fourth-order valence-corrected chi connectivity index (χ4v) is 6.32. The first-order valence-electron chi connectivity index (χ1n) is 13.1. The minimum atomic E-state index is 0. The highest BCUT2D eigenvalue weighted by molar-refractivity contribution is 7.23. The molecule has 4 aromatic carbocycles. The van der Waals surface area contributed by atoms with Crippen LogP contribution in [0.25, 0.3) is 50.5 Å². The lowest BCUT2D eigenvalue weighted by Gasteiger charge is -2.08. The zero-order chi connectivity index (χ0) is 26.6. The minimum Gasteiger partial charge on any atom is -1.00 e. The highest BCUT2D eigenvalue weighted by atomic mass is 79.9. The van der Waals surface area contributed by atoms with Gasteiger partial charge in [0.05, 0.1) is 5.56 Å². The molecular weight excluding hydrogens is 574 g/mol. The van der Waals surface area contributed by atoms with Gasteiger partial charge in [-0.25, -0.2) is 0 Å². The molecule has 0 spiro atoms. The van der Waals surface area contributed by atoms with E-state index in [4.69, 9.17) is 0 Å². The average Bonchev–Trinajstić information content (AvgIpc) is 3.39. The maximum atomic E-state index is 3.32. The quantitative estimate of drug-likeness (QED) is 0.228. The van der Waals surface area contributed by atoms with Gasteiger partial charge in [0.1, 0.15) is 4.70 Å². The maximum Gasteiger partial charge on any atom is 0.277 e. The number of benzene rings is 4. The third kappa shape index (κ3) is 5.31. The summed E-state index contributed by atoms with van der Waals surface area (Å²) in [5.41, 5.74) is 10.5. The molecule has 0 saturated carbocycles. The van der Waals surface area contributed by atoms with Crippen LogP contribution in [-0.4, -0.2) is 14.1 Å². The molecule has 0 saturated heterocycles. The van der Waals surface area contributed by atoms with Crippen molar-refractivity contribution in [2.45, 2.75) is 0 Å². The minimum absolute atomic E-state index is 0. The molecule has 0 fully saturated rings. The monoisotopic (exact) mass is 603 g/mol. The summed E-state index contributed by atoms with van der Waals surface area (Å²) in [6, 6.07) is 38.5. The largest absolute Gasteiger partial charge is 1.00 e. The molecule has 6 aromatic rings. The van der Waals surface area contributed by atoms with Crippen LogP contribution in [0, 0.1) is 0 Å². The summed E-state index contributed by atoms with van der Waals surface area (Å²) in [4.78, 5) is 1.23. The lowest BCUT2D eigenvalue weighted by molar-refractivity contribution is -0.479. The number of aromatic nitrogens is 1. The second-order valence-corrected chi connectivity index (χ2v) is 10.3. The zero-order valence-corrected chi connectivity index (χ0v) is 24.8. The molecule has 0 radical (unpaired) electrons. The Hall–Kier alpha value is -4.19. The second-order valence-electron chi connectivity index (χ2n) is 9.32. The van der Waals surface area contributed by atoms with Crippen molar-refractivity contribution in [3.05, 3.63) is 132 Å². The molecule has 0 amide bonds. The number of hydrogen-bond donors (Lipinski definition) is 2. The van der Waals surface area contributed by atoms with E-state index < -0.39 is 0 Å². The molecule has 0 atom stereocenters. The molecule has 0 aliphatic rings. The number of nitrogens with zero attached hydrogens (tertiary/aromatic N) is 1. The van der Waals surface area contributed by atoms with Crippen molar-refractivity contribution < 1.29 is 21.4 Å². The molecule has 0 bridgehead atoms. The van der Waals surface area contributed by atoms with Crippen LogP contribution < -0.4 is 32.0 Å². The van der Waals surface area contributed by atoms with Crippen molar-refractivity contribution in [1.82, 2.24) is 0 Å². The predicted octanol–water partition coefficient (Wildman–Crippen LogP) is 5.74. The number of anilines is 2. The van der Waals surface area contributed by atoms with Gasteiger partial charge in [0.15, 0.2) is 0 Å². The van der Waals surface area contributed by atoms with Gasteiger partial charge >= 0.3 is 0 Å². The van der Waals surface area contributed by atoms with E-state index in [0.29, 0.717) is 0 Å². The predicted molar refractivity (Wildman–Crippen MR) is 170 cm³/mol. The van der Waals surface area contributed by atoms with Gasteiger partial charge in [-0.2, -0.15) is 0 Å². The Bertz CT molecular complexity index is 1840. The van der Waals surface area contributed by atoms with Gasteiger partial charge in [0.2, 0.25) is 11.2 Å². The van der Waals surface area contributed by atoms with Crippen LogP contribution in [0.4, 0.5) is 11.4 Å². The number of hydrogen-bond acceptors (Lipinski definition) is 3. The molecule has 0 aliphatic heterocycles. The van der Waals surface area contributed by atoms with E-state index in [1.165, 1.54) is 31.7 Å². The maximum absolute atomic E-state index is 3.32. The number of fused-ring (bicyclic) bond motifs is 3. The van der Waals surface area contributed by atoms with Gasteiger partial charge in [0, 0.05) is 43.7 Å². The van der Waals surface area contributed by atoms with Gasteiger partial charge in [-0.1, -0.05) is 102 Å². The molecule has 0 unspecified atom stereocenters. The highest BCUT2D eigenvalue weighted by Crippen LogP contribution is 2.35.